The first-order valence-electron chi connectivity index (χ1n) is 10.2. The SMILES string of the molecule is CCCN(C)C(=O)n1c(=O)n(Cc2ccc(C)cc2)c2nc(NS(=O)(=O)CC)nc(N)c21. The molecule has 0 fully saturated rings. The first-order chi connectivity index (χ1) is 15.1. The first kappa shape index (κ1) is 23.3. The molecule has 0 atom stereocenters. The second-order valence-electron chi connectivity index (χ2n) is 7.50. The predicted octanol–water partition coefficient (Wildman–Crippen LogP) is 1.60. The molecule has 3 rings (SSSR count). The van der Waals surface area contributed by atoms with Gasteiger partial charge in [-0.2, -0.15) is 9.97 Å². The maximum atomic E-state index is 13.3. The van der Waals surface area contributed by atoms with Gasteiger partial charge in [0.2, 0.25) is 16.0 Å². The number of imidazole rings is 1. The molecular formula is C20H27N7O4S. The Bertz CT molecular complexity index is 1310. The lowest BCUT2D eigenvalue weighted by Gasteiger charge is -2.16. The van der Waals surface area contributed by atoms with Crippen LogP contribution in [-0.4, -0.2) is 57.8 Å². The van der Waals surface area contributed by atoms with Crippen LogP contribution in [0.5, 0.6) is 0 Å². The third-order valence-electron chi connectivity index (χ3n) is 4.96. The Morgan fingerprint density at radius 3 is 2.44 bits per heavy atom. The molecule has 0 spiro atoms. The smallest absolute Gasteiger partial charge is 0.339 e. The van der Waals surface area contributed by atoms with Crippen LogP contribution in [0.1, 0.15) is 31.4 Å². The number of hydrogen-bond acceptors (Lipinski definition) is 7. The third kappa shape index (κ3) is 4.59. The van der Waals surface area contributed by atoms with Crippen molar-refractivity contribution >= 4 is 39.0 Å². The van der Waals surface area contributed by atoms with E-state index in [-0.39, 0.29) is 35.2 Å². The number of amides is 1. The minimum Gasteiger partial charge on any atom is -0.382 e. The Kier molecular flexibility index (Phi) is 6.53. The zero-order chi connectivity index (χ0) is 23.6. The Morgan fingerprint density at radius 2 is 1.84 bits per heavy atom. The highest BCUT2D eigenvalue weighted by Crippen LogP contribution is 2.21. The molecule has 2 aromatic heterocycles. The van der Waals surface area contributed by atoms with Crippen LogP contribution in [0.25, 0.3) is 11.2 Å². The van der Waals surface area contributed by atoms with Crippen LogP contribution in [0, 0.1) is 6.92 Å². The van der Waals surface area contributed by atoms with Crippen molar-refractivity contribution in [1.82, 2.24) is 24.0 Å². The summed E-state index contributed by atoms with van der Waals surface area (Å²) in [5.41, 5.74) is 7.43. The second kappa shape index (κ2) is 8.99. The summed E-state index contributed by atoms with van der Waals surface area (Å²) < 4.78 is 28.5. The fraction of sp³-hybridized carbons (Fsp3) is 0.400. The molecule has 0 aliphatic rings. The molecule has 0 aliphatic carbocycles. The molecule has 0 saturated heterocycles. The van der Waals surface area contributed by atoms with Crippen molar-refractivity contribution in [2.75, 3.05) is 29.8 Å². The van der Waals surface area contributed by atoms with Gasteiger partial charge < -0.3 is 10.6 Å². The number of sulfonamides is 1. The molecule has 12 heteroatoms. The Balaban J connectivity index is 2.25. The molecule has 32 heavy (non-hydrogen) atoms. The fourth-order valence-corrected chi connectivity index (χ4v) is 3.74. The number of nitrogens with one attached hydrogen (secondary N) is 1. The second-order valence-corrected chi connectivity index (χ2v) is 9.51. The van der Waals surface area contributed by atoms with Gasteiger partial charge in [0.25, 0.3) is 0 Å². The van der Waals surface area contributed by atoms with E-state index in [2.05, 4.69) is 14.7 Å². The fourth-order valence-electron chi connectivity index (χ4n) is 3.22. The number of nitrogens with zero attached hydrogens (tertiary/aromatic N) is 5. The van der Waals surface area contributed by atoms with Crippen LogP contribution in [0.4, 0.5) is 16.6 Å². The minimum atomic E-state index is -3.67. The quantitative estimate of drug-likeness (QED) is 0.543. The van der Waals surface area contributed by atoms with Crippen molar-refractivity contribution in [3.63, 3.8) is 0 Å². The van der Waals surface area contributed by atoms with Gasteiger partial charge in [-0.3, -0.25) is 9.29 Å². The van der Waals surface area contributed by atoms with Gasteiger partial charge >= 0.3 is 11.7 Å². The molecule has 3 aromatic rings. The lowest BCUT2D eigenvalue weighted by atomic mass is 10.1. The van der Waals surface area contributed by atoms with Crippen LogP contribution < -0.4 is 16.1 Å². The monoisotopic (exact) mass is 461 g/mol. The summed E-state index contributed by atoms with van der Waals surface area (Å²) >= 11 is 0. The van der Waals surface area contributed by atoms with Gasteiger partial charge in [-0.05, 0) is 25.8 Å². The molecule has 2 heterocycles. The number of carbonyl (C=O) groups is 1. The summed E-state index contributed by atoms with van der Waals surface area (Å²) in [6, 6.07) is 6.97. The Morgan fingerprint density at radius 1 is 1.19 bits per heavy atom. The molecule has 0 aliphatic heterocycles. The molecule has 1 amide bonds. The minimum absolute atomic E-state index is 0.0366. The van der Waals surface area contributed by atoms with Gasteiger partial charge in [-0.1, -0.05) is 36.8 Å². The number of aryl methyl sites for hydroxylation is 1. The van der Waals surface area contributed by atoms with Crippen LogP contribution in [0.2, 0.25) is 0 Å². The zero-order valence-corrected chi connectivity index (χ0v) is 19.3. The first-order valence-corrected chi connectivity index (χ1v) is 11.8. The van der Waals surface area contributed by atoms with E-state index >= 15 is 0 Å². The van der Waals surface area contributed by atoms with E-state index in [0.717, 1.165) is 15.7 Å². The Hall–Kier alpha value is -3.41. The van der Waals surface area contributed by atoms with E-state index in [4.69, 9.17) is 5.73 Å². The van der Waals surface area contributed by atoms with E-state index in [0.29, 0.717) is 13.0 Å². The van der Waals surface area contributed by atoms with Gasteiger partial charge in [0, 0.05) is 13.6 Å². The molecule has 1 aromatic carbocycles. The van der Waals surface area contributed by atoms with Crippen LogP contribution in [0.3, 0.4) is 0 Å². The third-order valence-corrected chi connectivity index (χ3v) is 6.21. The average Bonchev–Trinajstić information content (AvgIpc) is 3.01. The number of hydrogen-bond donors (Lipinski definition) is 2. The molecule has 0 bridgehead atoms. The average molecular weight is 462 g/mol. The summed E-state index contributed by atoms with van der Waals surface area (Å²) in [5, 5.41) is 0. The topological polar surface area (TPSA) is 145 Å². The van der Waals surface area contributed by atoms with Gasteiger partial charge in [-0.25, -0.2) is 22.6 Å². The van der Waals surface area contributed by atoms with Crippen molar-refractivity contribution in [3.8, 4) is 0 Å². The van der Waals surface area contributed by atoms with Crippen molar-refractivity contribution < 1.29 is 13.2 Å². The predicted molar refractivity (Wildman–Crippen MR) is 123 cm³/mol. The number of rotatable bonds is 7. The number of carbonyl (C=O) groups excluding carboxylic acids is 1. The molecule has 172 valence electrons. The van der Waals surface area contributed by atoms with E-state index < -0.39 is 21.7 Å². The maximum absolute atomic E-state index is 13.3. The van der Waals surface area contributed by atoms with Crippen molar-refractivity contribution in [1.29, 1.82) is 0 Å². The molecule has 3 N–H and O–H groups in total. The summed E-state index contributed by atoms with van der Waals surface area (Å²) in [6.07, 6.45) is 0.702. The molecular weight excluding hydrogens is 434 g/mol. The van der Waals surface area contributed by atoms with Gasteiger partial charge in [0.05, 0.1) is 12.3 Å². The van der Waals surface area contributed by atoms with Gasteiger partial charge in [0.15, 0.2) is 11.5 Å². The van der Waals surface area contributed by atoms with Gasteiger partial charge in [-0.15, -0.1) is 0 Å². The molecule has 11 nitrogen and oxygen atoms in total. The van der Waals surface area contributed by atoms with Crippen molar-refractivity contribution in [2.45, 2.75) is 33.7 Å². The van der Waals surface area contributed by atoms with Gasteiger partial charge in [0.1, 0.15) is 5.52 Å². The molecule has 0 unspecified atom stereocenters. The molecule has 0 radical (unpaired) electrons. The van der Waals surface area contributed by atoms with E-state index in [1.807, 2.05) is 38.1 Å². The van der Waals surface area contributed by atoms with Crippen molar-refractivity contribution in [2.24, 2.45) is 0 Å². The standard InChI is InChI=1S/C20H27N7O4S/c1-5-11-25(4)19(28)27-15-16(21)22-18(24-32(30,31)6-2)23-17(15)26(20(27)29)12-14-9-7-13(3)8-10-14/h7-10H,5-6,11-12H2,1-4H3,(H3,21,22,23,24). The van der Waals surface area contributed by atoms with Crippen LogP contribution in [0.15, 0.2) is 29.1 Å². The van der Waals surface area contributed by atoms with Crippen molar-refractivity contribution in [3.05, 3.63) is 45.9 Å². The number of anilines is 2. The zero-order valence-electron chi connectivity index (χ0n) is 18.5. The van der Waals surface area contributed by atoms with E-state index in [1.165, 1.54) is 16.4 Å². The maximum Gasteiger partial charge on any atom is 0.339 e. The number of nitrogens with two attached hydrogens (primary N) is 1. The summed E-state index contributed by atoms with van der Waals surface area (Å²) in [7, 11) is -2.09. The highest BCUT2D eigenvalue weighted by molar-refractivity contribution is 7.92. The molecule has 0 saturated carbocycles. The number of aromatic nitrogens is 4. The summed E-state index contributed by atoms with van der Waals surface area (Å²) in [6.45, 7) is 5.88. The normalized spacial score (nSPS) is 11.6. The van der Waals surface area contributed by atoms with E-state index in [9.17, 15) is 18.0 Å². The highest BCUT2D eigenvalue weighted by atomic mass is 32.2. The summed E-state index contributed by atoms with van der Waals surface area (Å²) in [4.78, 5) is 36.0. The largest absolute Gasteiger partial charge is 0.382 e. The van der Waals surface area contributed by atoms with E-state index in [1.54, 1.807) is 7.05 Å². The van der Waals surface area contributed by atoms with Crippen LogP contribution in [-0.2, 0) is 16.6 Å². The summed E-state index contributed by atoms with van der Waals surface area (Å²) in [5.74, 6) is -0.631. The number of benzene rings is 1. The Labute approximate surface area is 185 Å². The lowest BCUT2D eigenvalue weighted by molar-refractivity contribution is 0.210. The lowest BCUT2D eigenvalue weighted by Crippen LogP contribution is -2.38. The number of fused-ring (bicyclic) bond motifs is 1. The highest BCUT2D eigenvalue weighted by Gasteiger charge is 2.26. The van der Waals surface area contributed by atoms with Crippen LogP contribution >= 0.6 is 0 Å². The number of nitrogen functional groups attached to an aromatic ring is 1.